The molecule has 0 spiro atoms. The molecule has 1 atom stereocenters. The Bertz CT molecular complexity index is 627. The number of rotatable bonds is 6. The van der Waals surface area contributed by atoms with Crippen molar-refractivity contribution in [3.8, 4) is 11.5 Å². The maximum atomic E-state index is 8.94. The maximum Gasteiger partial charge on any atom is 0.161 e. The number of aliphatic hydroxyl groups is 1. The molecule has 6 nitrogen and oxygen atoms in total. The van der Waals surface area contributed by atoms with Crippen molar-refractivity contribution in [2.24, 2.45) is 0 Å². The molecule has 0 bridgehead atoms. The normalized spacial score (nSPS) is 14.6. The largest absolute Gasteiger partial charge is 0.486 e. The van der Waals surface area contributed by atoms with Crippen molar-refractivity contribution in [1.82, 2.24) is 9.78 Å². The average molecular weight is 303 g/mol. The van der Waals surface area contributed by atoms with Crippen molar-refractivity contribution in [2.45, 2.75) is 25.9 Å². The van der Waals surface area contributed by atoms with E-state index in [4.69, 9.17) is 14.6 Å². The number of ether oxygens (including phenoxy) is 2. The lowest BCUT2D eigenvalue weighted by Gasteiger charge is -2.22. The molecular formula is C16H21N3O3. The lowest BCUT2D eigenvalue weighted by Crippen LogP contribution is -2.16. The topological polar surface area (TPSA) is 68.5 Å². The van der Waals surface area contributed by atoms with Crippen molar-refractivity contribution in [3.63, 3.8) is 0 Å². The van der Waals surface area contributed by atoms with Gasteiger partial charge in [-0.2, -0.15) is 5.10 Å². The van der Waals surface area contributed by atoms with Gasteiger partial charge in [0.2, 0.25) is 0 Å². The minimum Gasteiger partial charge on any atom is -0.486 e. The van der Waals surface area contributed by atoms with Gasteiger partial charge in [0.05, 0.1) is 31.1 Å². The standard InChI is InChI=1S/C16H21N3O3/c1-2-14(18-13-10-17-19(11-13)5-6-20)12-3-4-15-16(9-12)22-8-7-21-15/h3-4,9-11,14,18,20H,2,5-8H2,1H3. The van der Waals surface area contributed by atoms with E-state index < -0.39 is 0 Å². The second-order valence-electron chi connectivity index (χ2n) is 5.22. The molecule has 1 aromatic carbocycles. The first-order chi connectivity index (χ1) is 10.8. The fourth-order valence-electron chi connectivity index (χ4n) is 2.56. The number of hydrogen-bond acceptors (Lipinski definition) is 5. The molecule has 1 aromatic heterocycles. The summed E-state index contributed by atoms with van der Waals surface area (Å²) in [6, 6.07) is 6.23. The van der Waals surface area contributed by atoms with Crippen molar-refractivity contribution in [2.75, 3.05) is 25.1 Å². The third-order valence-corrected chi connectivity index (χ3v) is 3.68. The molecular weight excluding hydrogens is 282 g/mol. The Balaban J connectivity index is 1.75. The molecule has 1 unspecified atom stereocenters. The Morgan fingerprint density at radius 1 is 1.32 bits per heavy atom. The monoisotopic (exact) mass is 303 g/mol. The predicted octanol–water partition coefficient (Wildman–Crippen LogP) is 2.21. The zero-order chi connectivity index (χ0) is 15.4. The van der Waals surface area contributed by atoms with Crippen LogP contribution >= 0.6 is 0 Å². The number of hydrogen-bond donors (Lipinski definition) is 2. The Labute approximate surface area is 129 Å². The number of nitrogens with zero attached hydrogens (tertiary/aromatic N) is 2. The van der Waals surface area contributed by atoms with E-state index in [1.807, 2.05) is 18.3 Å². The molecule has 0 saturated carbocycles. The molecule has 3 rings (SSSR count). The summed E-state index contributed by atoms with van der Waals surface area (Å²) in [7, 11) is 0. The highest BCUT2D eigenvalue weighted by Crippen LogP contribution is 2.34. The van der Waals surface area contributed by atoms with Crippen LogP contribution < -0.4 is 14.8 Å². The quantitative estimate of drug-likeness (QED) is 0.856. The van der Waals surface area contributed by atoms with Crippen LogP contribution in [-0.4, -0.2) is 34.7 Å². The summed E-state index contributed by atoms with van der Waals surface area (Å²) in [6.07, 6.45) is 4.61. The van der Waals surface area contributed by atoms with E-state index in [9.17, 15) is 0 Å². The molecule has 2 aromatic rings. The Kier molecular flexibility index (Phi) is 4.48. The molecule has 2 heterocycles. The van der Waals surface area contributed by atoms with Crippen molar-refractivity contribution >= 4 is 5.69 Å². The lowest BCUT2D eigenvalue weighted by molar-refractivity contribution is 0.171. The Morgan fingerprint density at radius 3 is 2.91 bits per heavy atom. The number of nitrogens with one attached hydrogen (secondary N) is 1. The van der Waals surface area contributed by atoms with Crippen LogP contribution in [0.5, 0.6) is 11.5 Å². The molecule has 0 fully saturated rings. The van der Waals surface area contributed by atoms with E-state index >= 15 is 0 Å². The van der Waals surface area contributed by atoms with Gasteiger partial charge in [0.15, 0.2) is 11.5 Å². The van der Waals surface area contributed by atoms with E-state index in [-0.39, 0.29) is 12.6 Å². The summed E-state index contributed by atoms with van der Waals surface area (Å²) in [5, 5.41) is 16.6. The Morgan fingerprint density at radius 2 is 2.14 bits per heavy atom. The Hall–Kier alpha value is -2.21. The van der Waals surface area contributed by atoms with Gasteiger partial charge in [-0.1, -0.05) is 13.0 Å². The van der Waals surface area contributed by atoms with Crippen LogP contribution in [0, 0.1) is 0 Å². The summed E-state index contributed by atoms with van der Waals surface area (Å²) < 4.78 is 12.9. The molecule has 6 heteroatoms. The van der Waals surface area contributed by atoms with E-state index in [1.54, 1.807) is 10.9 Å². The van der Waals surface area contributed by atoms with E-state index in [2.05, 4.69) is 23.4 Å². The van der Waals surface area contributed by atoms with Gasteiger partial charge in [-0.15, -0.1) is 0 Å². The van der Waals surface area contributed by atoms with Crippen LogP contribution in [-0.2, 0) is 6.54 Å². The van der Waals surface area contributed by atoms with E-state index in [1.165, 1.54) is 0 Å². The van der Waals surface area contributed by atoms with Crippen LogP contribution in [0.25, 0.3) is 0 Å². The van der Waals surface area contributed by atoms with Crippen molar-refractivity contribution < 1.29 is 14.6 Å². The third kappa shape index (κ3) is 3.17. The number of anilines is 1. The number of aliphatic hydroxyl groups excluding tert-OH is 1. The van der Waals surface area contributed by atoms with Crippen LogP contribution in [0.3, 0.4) is 0 Å². The molecule has 0 aliphatic carbocycles. The predicted molar refractivity (Wildman–Crippen MR) is 83.4 cm³/mol. The van der Waals surface area contributed by atoms with Crippen molar-refractivity contribution in [1.29, 1.82) is 0 Å². The summed E-state index contributed by atoms with van der Waals surface area (Å²) in [6.45, 7) is 3.91. The molecule has 1 aliphatic heterocycles. The summed E-state index contributed by atoms with van der Waals surface area (Å²) in [4.78, 5) is 0. The summed E-state index contributed by atoms with van der Waals surface area (Å²) in [5.74, 6) is 1.61. The SMILES string of the molecule is CCC(Nc1cnn(CCO)c1)c1ccc2c(c1)OCCO2. The average Bonchev–Trinajstić information content (AvgIpc) is 3.00. The van der Waals surface area contributed by atoms with Gasteiger partial charge in [-0.05, 0) is 24.1 Å². The van der Waals surface area contributed by atoms with Crippen LogP contribution in [0.15, 0.2) is 30.6 Å². The fourth-order valence-corrected chi connectivity index (χ4v) is 2.56. The highest BCUT2D eigenvalue weighted by atomic mass is 16.6. The van der Waals surface area contributed by atoms with Gasteiger partial charge >= 0.3 is 0 Å². The first-order valence-corrected chi connectivity index (χ1v) is 7.59. The van der Waals surface area contributed by atoms with Gasteiger partial charge in [-0.3, -0.25) is 4.68 Å². The third-order valence-electron chi connectivity index (χ3n) is 3.68. The molecule has 0 saturated heterocycles. The van der Waals surface area contributed by atoms with Crippen molar-refractivity contribution in [3.05, 3.63) is 36.2 Å². The second kappa shape index (κ2) is 6.70. The zero-order valence-electron chi connectivity index (χ0n) is 12.7. The lowest BCUT2D eigenvalue weighted by atomic mass is 10.0. The first kappa shape index (κ1) is 14.7. The highest BCUT2D eigenvalue weighted by molar-refractivity contribution is 5.47. The highest BCUT2D eigenvalue weighted by Gasteiger charge is 2.16. The molecule has 22 heavy (non-hydrogen) atoms. The minimum atomic E-state index is 0.0838. The van der Waals surface area contributed by atoms with E-state index in [0.29, 0.717) is 19.8 Å². The maximum absolute atomic E-state index is 8.94. The van der Waals surface area contributed by atoms with Crippen LogP contribution in [0.1, 0.15) is 24.9 Å². The fraction of sp³-hybridized carbons (Fsp3) is 0.438. The van der Waals surface area contributed by atoms with Crippen LogP contribution in [0.2, 0.25) is 0 Å². The van der Waals surface area contributed by atoms with Gasteiger partial charge in [0.1, 0.15) is 13.2 Å². The second-order valence-corrected chi connectivity index (χ2v) is 5.22. The molecule has 1 aliphatic rings. The first-order valence-electron chi connectivity index (χ1n) is 7.59. The van der Waals surface area contributed by atoms with Gasteiger partial charge < -0.3 is 19.9 Å². The minimum absolute atomic E-state index is 0.0838. The molecule has 0 radical (unpaired) electrons. The van der Waals surface area contributed by atoms with E-state index in [0.717, 1.165) is 29.2 Å². The van der Waals surface area contributed by atoms with Gasteiger partial charge in [-0.25, -0.2) is 0 Å². The number of benzene rings is 1. The molecule has 0 amide bonds. The summed E-state index contributed by atoms with van der Waals surface area (Å²) in [5.41, 5.74) is 2.09. The summed E-state index contributed by atoms with van der Waals surface area (Å²) >= 11 is 0. The van der Waals surface area contributed by atoms with Gasteiger partial charge in [0, 0.05) is 6.20 Å². The van der Waals surface area contributed by atoms with Gasteiger partial charge in [0.25, 0.3) is 0 Å². The molecule has 118 valence electrons. The number of fused-ring (bicyclic) bond motifs is 1. The van der Waals surface area contributed by atoms with Crippen LogP contribution in [0.4, 0.5) is 5.69 Å². The number of aromatic nitrogens is 2. The molecule has 2 N–H and O–H groups in total. The zero-order valence-corrected chi connectivity index (χ0v) is 12.7. The smallest absolute Gasteiger partial charge is 0.161 e.